The van der Waals surface area contributed by atoms with Crippen molar-refractivity contribution in [2.75, 3.05) is 7.11 Å². The molecule has 0 bridgehead atoms. The van der Waals surface area contributed by atoms with Gasteiger partial charge in [-0.2, -0.15) is 5.10 Å². The van der Waals surface area contributed by atoms with E-state index in [1.165, 1.54) is 0 Å². The zero-order valence-corrected chi connectivity index (χ0v) is 17.3. The number of halogens is 1. The van der Waals surface area contributed by atoms with Gasteiger partial charge in [-0.15, -0.1) is 0 Å². The van der Waals surface area contributed by atoms with Crippen LogP contribution in [0.4, 0.5) is 0 Å². The van der Waals surface area contributed by atoms with Crippen molar-refractivity contribution in [3.8, 4) is 11.5 Å². The Bertz CT molecular complexity index is 842. The quantitative estimate of drug-likeness (QED) is 0.449. The predicted octanol–water partition coefficient (Wildman–Crippen LogP) is 2.74. The molecule has 0 aliphatic carbocycles. The van der Waals surface area contributed by atoms with E-state index in [1.807, 2.05) is 49.4 Å². The van der Waals surface area contributed by atoms with E-state index in [9.17, 15) is 4.79 Å². The van der Waals surface area contributed by atoms with Crippen LogP contribution in [0.2, 0.25) is 0 Å². The Balaban J connectivity index is 1.59. The standard InChI is InChI=1S/C20H23BrN4O3/c1-13-9-19(26)24-20(23-13)25-22-11-15-5-8-17(18(10-15)27-2)28-12-14-3-6-16(21)7-4-14/h3-8,10-11,13,20,23,25H,9,12H2,1-2H3,(H,24,26)/b22-11+. The fraction of sp³-hybridized carbons (Fsp3) is 0.300. The number of amides is 1. The molecule has 2 aromatic rings. The number of ether oxygens (including phenoxy) is 2. The molecule has 0 spiro atoms. The minimum absolute atomic E-state index is 0.00658. The third-order valence-electron chi connectivity index (χ3n) is 4.16. The molecule has 0 aromatic heterocycles. The molecule has 28 heavy (non-hydrogen) atoms. The smallest absolute Gasteiger partial charge is 0.224 e. The topological polar surface area (TPSA) is 84.0 Å². The summed E-state index contributed by atoms with van der Waals surface area (Å²) in [5.74, 6) is 1.28. The molecule has 8 heteroatoms. The van der Waals surface area contributed by atoms with Crippen molar-refractivity contribution in [3.05, 3.63) is 58.1 Å². The average molecular weight is 447 g/mol. The molecule has 1 heterocycles. The number of carbonyl (C=O) groups excluding carboxylic acids is 1. The average Bonchev–Trinajstić information content (AvgIpc) is 2.67. The normalized spacial score (nSPS) is 19.3. The van der Waals surface area contributed by atoms with Gasteiger partial charge in [0, 0.05) is 16.9 Å². The Morgan fingerprint density at radius 2 is 2.04 bits per heavy atom. The summed E-state index contributed by atoms with van der Waals surface area (Å²) >= 11 is 3.42. The lowest BCUT2D eigenvalue weighted by molar-refractivity contribution is -0.124. The van der Waals surface area contributed by atoms with E-state index in [1.54, 1.807) is 13.3 Å². The number of carbonyl (C=O) groups is 1. The molecular weight excluding hydrogens is 424 g/mol. The van der Waals surface area contributed by atoms with Crippen LogP contribution in [0.25, 0.3) is 0 Å². The molecule has 3 rings (SSSR count). The van der Waals surface area contributed by atoms with E-state index in [0.29, 0.717) is 24.5 Å². The summed E-state index contributed by atoms with van der Waals surface area (Å²) in [6.07, 6.45) is 1.73. The Morgan fingerprint density at radius 3 is 2.75 bits per heavy atom. The fourth-order valence-electron chi connectivity index (χ4n) is 2.76. The van der Waals surface area contributed by atoms with E-state index in [4.69, 9.17) is 9.47 Å². The van der Waals surface area contributed by atoms with Crippen molar-refractivity contribution < 1.29 is 14.3 Å². The van der Waals surface area contributed by atoms with Gasteiger partial charge in [0.05, 0.1) is 13.3 Å². The van der Waals surface area contributed by atoms with Gasteiger partial charge >= 0.3 is 0 Å². The van der Waals surface area contributed by atoms with Crippen LogP contribution >= 0.6 is 15.9 Å². The number of nitrogens with zero attached hydrogens (tertiary/aromatic N) is 1. The number of hydrogen-bond donors (Lipinski definition) is 3. The van der Waals surface area contributed by atoms with E-state index in [0.717, 1.165) is 15.6 Å². The molecule has 2 aromatic carbocycles. The van der Waals surface area contributed by atoms with Gasteiger partial charge in [-0.1, -0.05) is 28.1 Å². The summed E-state index contributed by atoms with van der Waals surface area (Å²) < 4.78 is 12.3. The van der Waals surface area contributed by atoms with Gasteiger partial charge in [-0.25, -0.2) is 0 Å². The SMILES string of the molecule is COc1cc(/C=N/NC2NC(=O)CC(C)N2)ccc1OCc1ccc(Br)cc1. The van der Waals surface area contributed by atoms with Gasteiger partial charge in [-0.3, -0.25) is 15.5 Å². The number of benzene rings is 2. The Morgan fingerprint density at radius 1 is 1.25 bits per heavy atom. The number of rotatable bonds is 7. The Hall–Kier alpha value is -2.58. The molecule has 1 aliphatic heterocycles. The van der Waals surface area contributed by atoms with Gasteiger partial charge in [0.15, 0.2) is 17.8 Å². The Labute approximate surface area is 172 Å². The number of methoxy groups -OCH3 is 1. The summed E-state index contributed by atoms with van der Waals surface area (Å²) in [5, 5.41) is 10.2. The molecular formula is C20H23BrN4O3. The predicted molar refractivity (Wildman–Crippen MR) is 111 cm³/mol. The lowest BCUT2D eigenvalue weighted by Crippen LogP contribution is -2.60. The van der Waals surface area contributed by atoms with Crippen LogP contribution in [0.3, 0.4) is 0 Å². The zero-order valence-electron chi connectivity index (χ0n) is 15.7. The van der Waals surface area contributed by atoms with Gasteiger partial charge in [0.1, 0.15) is 6.61 Å². The van der Waals surface area contributed by atoms with Crippen molar-refractivity contribution in [3.63, 3.8) is 0 Å². The molecule has 7 nitrogen and oxygen atoms in total. The second-order valence-corrected chi connectivity index (χ2v) is 7.40. The first-order valence-corrected chi connectivity index (χ1v) is 9.72. The van der Waals surface area contributed by atoms with Gasteiger partial charge < -0.3 is 14.8 Å². The monoisotopic (exact) mass is 446 g/mol. The van der Waals surface area contributed by atoms with E-state index >= 15 is 0 Å². The highest BCUT2D eigenvalue weighted by atomic mass is 79.9. The summed E-state index contributed by atoms with van der Waals surface area (Å²) in [4.78, 5) is 11.5. The molecule has 0 saturated carbocycles. The molecule has 1 amide bonds. The van der Waals surface area contributed by atoms with Crippen molar-refractivity contribution in [2.24, 2.45) is 5.10 Å². The summed E-state index contributed by atoms with van der Waals surface area (Å²) in [5.41, 5.74) is 4.79. The van der Waals surface area contributed by atoms with E-state index < -0.39 is 0 Å². The lowest BCUT2D eigenvalue weighted by Gasteiger charge is -2.28. The molecule has 148 valence electrons. The maximum atomic E-state index is 11.5. The molecule has 1 fully saturated rings. The molecule has 1 aliphatic rings. The van der Waals surface area contributed by atoms with Crippen LogP contribution in [-0.4, -0.2) is 31.6 Å². The minimum atomic E-state index is -0.386. The van der Waals surface area contributed by atoms with Crippen LogP contribution < -0.4 is 25.5 Å². The Kier molecular flexibility index (Phi) is 6.89. The van der Waals surface area contributed by atoms with E-state index in [-0.39, 0.29) is 18.2 Å². The first-order valence-electron chi connectivity index (χ1n) is 8.93. The third-order valence-corrected chi connectivity index (χ3v) is 4.69. The largest absolute Gasteiger partial charge is 0.493 e. The number of hydrogen-bond acceptors (Lipinski definition) is 6. The highest BCUT2D eigenvalue weighted by Gasteiger charge is 2.21. The molecule has 0 radical (unpaired) electrons. The first kappa shape index (κ1) is 20.2. The molecule has 2 unspecified atom stereocenters. The van der Waals surface area contributed by atoms with Crippen molar-refractivity contribution in [1.82, 2.24) is 16.1 Å². The minimum Gasteiger partial charge on any atom is -0.493 e. The summed E-state index contributed by atoms with van der Waals surface area (Å²) in [6.45, 7) is 2.40. The van der Waals surface area contributed by atoms with Gasteiger partial charge in [0.25, 0.3) is 0 Å². The van der Waals surface area contributed by atoms with Crippen molar-refractivity contribution >= 4 is 28.1 Å². The summed E-state index contributed by atoms with van der Waals surface area (Å²) in [7, 11) is 1.60. The van der Waals surface area contributed by atoms with Crippen LogP contribution in [0.15, 0.2) is 52.0 Å². The third kappa shape index (κ3) is 5.71. The molecule has 3 N–H and O–H groups in total. The van der Waals surface area contributed by atoms with Crippen molar-refractivity contribution in [1.29, 1.82) is 0 Å². The van der Waals surface area contributed by atoms with E-state index in [2.05, 4.69) is 37.1 Å². The van der Waals surface area contributed by atoms with Crippen LogP contribution in [0, 0.1) is 0 Å². The van der Waals surface area contributed by atoms with Crippen LogP contribution in [-0.2, 0) is 11.4 Å². The highest BCUT2D eigenvalue weighted by molar-refractivity contribution is 9.10. The number of hydrazone groups is 1. The first-order chi connectivity index (χ1) is 13.5. The van der Waals surface area contributed by atoms with Gasteiger partial charge in [-0.05, 0) is 48.4 Å². The van der Waals surface area contributed by atoms with Crippen LogP contribution in [0.1, 0.15) is 24.5 Å². The zero-order chi connectivity index (χ0) is 19.9. The maximum Gasteiger partial charge on any atom is 0.224 e. The fourth-order valence-corrected chi connectivity index (χ4v) is 3.03. The maximum absolute atomic E-state index is 11.5. The van der Waals surface area contributed by atoms with Crippen LogP contribution in [0.5, 0.6) is 11.5 Å². The second-order valence-electron chi connectivity index (χ2n) is 6.49. The number of nitrogens with one attached hydrogen (secondary N) is 3. The summed E-state index contributed by atoms with van der Waals surface area (Å²) in [6, 6.07) is 13.6. The molecule has 2 atom stereocenters. The highest BCUT2D eigenvalue weighted by Crippen LogP contribution is 2.28. The van der Waals surface area contributed by atoms with Crippen molar-refractivity contribution in [2.45, 2.75) is 32.3 Å². The lowest BCUT2D eigenvalue weighted by atomic mass is 10.2. The van der Waals surface area contributed by atoms with Gasteiger partial charge in [0.2, 0.25) is 5.91 Å². The second kappa shape index (κ2) is 9.57. The molecule has 1 saturated heterocycles.